The van der Waals surface area contributed by atoms with Crippen molar-refractivity contribution < 1.29 is 9.59 Å². The summed E-state index contributed by atoms with van der Waals surface area (Å²) < 4.78 is 3.29. The van der Waals surface area contributed by atoms with Crippen LogP contribution in [0.15, 0.2) is 47.1 Å². The van der Waals surface area contributed by atoms with E-state index in [2.05, 4.69) is 57.0 Å². The van der Waals surface area contributed by atoms with Crippen molar-refractivity contribution in [1.82, 2.24) is 14.4 Å². The van der Waals surface area contributed by atoms with Gasteiger partial charge in [0.25, 0.3) is 0 Å². The number of benzene rings is 1. The van der Waals surface area contributed by atoms with Crippen molar-refractivity contribution in [2.45, 2.75) is 78.0 Å². The number of amides is 2. The first-order valence-electron chi connectivity index (χ1n) is 11.3. The first-order chi connectivity index (χ1) is 14.8. The van der Waals surface area contributed by atoms with E-state index in [-0.39, 0.29) is 30.4 Å². The third kappa shape index (κ3) is 6.45. The SMILES string of the molecule is CC(=O)N(CC(=O)N(Cc1cccn1Cc1ccc(Br)cc1)C1CCCCC1)C(C)C. The third-order valence-corrected chi connectivity index (χ3v) is 6.72. The van der Waals surface area contributed by atoms with Crippen molar-refractivity contribution in [1.29, 1.82) is 0 Å². The smallest absolute Gasteiger partial charge is 0.242 e. The monoisotopic (exact) mass is 487 g/mol. The van der Waals surface area contributed by atoms with Gasteiger partial charge in [-0.15, -0.1) is 0 Å². The Bertz CT molecular complexity index is 869. The predicted octanol–water partition coefficient (Wildman–Crippen LogP) is 5.22. The van der Waals surface area contributed by atoms with Crippen molar-refractivity contribution in [2.75, 3.05) is 6.54 Å². The van der Waals surface area contributed by atoms with Gasteiger partial charge in [-0.2, -0.15) is 0 Å². The molecule has 0 N–H and O–H groups in total. The predicted molar refractivity (Wildman–Crippen MR) is 128 cm³/mol. The summed E-state index contributed by atoms with van der Waals surface area (Å²) in [6.07, 6.45) is 7.73. The van der Waals surface area contributed by atoms with Crippen LogP contribution >= 0.6 is 15.9 Å². The summed E-state index contributed by atoms with van der Waals surface area (Å²) >= 11 is 3.49. The number of aromatic nitrogens is 1. The molecule has 0 aliphatic heterocycles. The van der Waals surface area contributed by atoms with E-state index in [0.717, 1.165) is 42.4 Å². The molecule has 1 aliphatic carbocycles. The van der Waals surface area contributed by atoms with E-state index < -0.39 is 0 Å². The third-order valence-electron chi connectivity index (χ3n) is 6.19. The Hall–Kier alpha value is -2.08. The fourth-order valence-electron chi connectivity index (χ4n) is 4.42. The van der Waals surface area contributed by atoms with E-state index in [1.165, 1.54) is 12.0 Å². The van der Waals surface area contributed by atoms with E-state index in [1.54, 1.807) is 11.8 Å². The van der Waals surface area contributed by atoms with Crippen molar-refractivity contribution in [3.63, 3.8) is 0 Å². The number of nitrogens with zero attached hydrogens (tertiary/aromatic N) is 3. The molecule has 31 heavy (non-hydrogen) atoms. The number of carbonyl (C=O) groups is 2. The average Bonchev–Trinajstić information content (AvgIpc) is 3.18. The Balaban J connectivity index is 1.79. The molecule has 2 aromatic rings. The van der Waals surface area contributed by atoms with Crippen LogP contribution in [0.3, 0.4) is 0 Å². The van der Waals surface area contributed by atoms with Crippen LogP contribution in [-0.4, -0.2) is 44.8 Å². The van der Waals surface area contributed by atoms with Gasteiger partial charge in [-0.05, 0) is 56.5 Å². The molecule has 5 nitrogen and oxygen atoms in total. The van der Waals surface area contributed by atoms with Crippen molar-refractivity contribution in [3.8, 4) is 0 Å². The highest BCUT2D eigenvalue weighted by atomic mass is 79.9. The molecule has 168 valence electrons. The molecule has 0 saturated heterocycles. The summed E-state index contributed by atoms with van der Waals surface area (Å²) in [5, 5.41) is 0. The molecule has 0 bridgehead atoms. The lowest BCUT2D eigenvalue weighted by Gasteiger charge is -2.36. The minimum Gasteiger partial charge on any atom is -0.345 e. The van der Waals surface area contributed by atoms with E-state index >= 15 is 0 Å². The second kappa shape index (κ2) is 11.0. The van der Waals surface area contributed by atoms with Crippen LogP contribution in [0.25, 0.3) is 0 Å². The van der Waals surface area contributed by atoms with Crippen molar-refractivity contribution in [2.24, 2.45) is 0 Å². The van der Waals surface area contributed by atoms with Crippen LogP contribution in [0.1, 0.15) is 64.1 Å². The molecule has 0 atom stereocenters. The molecule has 3 rings (SSSR count). The highest BCUT2D eigenvalue weighted by Crippen LogP contribution is 2.25. The van der Waals surface area contributed by atoms with E-state index in [1.807, 2.05) is 24.8 Å². The molecule has 1 saturated carbocycles. The van der Waals surface area contributed by atoms with E-state index in [4.69, 9.17) is 0 Å². The molecule has 0 unspecified atom stereocenters. The average molecular weight is 488 g/mol. The van der Waals surface area contributed by atoms with Gasteiger partial charge < -0.3 is 14.4 Å². The fraction of sp³-hybridized carbons (Fsp3) is 0.520. The zero-order valence-corrected chi connectivity index (χ0v) is 20.5. The topological polar surface area (TPSA) is 45.6 Å². The zero-order chi connectivity index (χ0) is 22.4. The second-order valence-corrected chi connectivity index (χ2v) is 9.72. The molecule has 1 fully saturated rings. The minimum atomic E-state index is -0.0504. The van der Waals surface area contributed by atoms with Crippen LogP contribution < -0.4 is 0 Å². The molecule has 1 aromatic heterocycles. The maximum absolute atomic E-state index is 13.4. The molecule has 0 spiro atoms. The molecule has 1 aliphatic rings. The lowest BCUT2D eigenvalue weighted by atomic mass is 9.94. The normalized spacial score (nSPS) is 14.6. The summed E-state index contributed by atoms with van der Waals surface area (Å²) in [5.74, 6) is -0.00208. The summed E-state index contributed by atoms with van der Waals surface area (Å²) in [4.78, 5) is 29.2. The van der Waals surface area contributed by atoms with Gasteiger partial charge in [0.15, 0.2) is 0 Å². The Kier molecular flexibility index (Phi) is 8.35. The van der Waals surface area contributed by atoms with Gasteiger partial charge in [0.1, 0.15) is 0 Å². The van der Waals surface area contributed by atoms with Crippen LogP contribution in [0, 0.1) is 0 Å². The molecule has 6 heteroatoms. The van der Waals surface area contributed by atoms with Gasteiger partial charge >= 0.3 is 0 Å². The number of carbonyl (C=O) groups excluding carboxylic acids is 2. The Morgan fingerprint density at radius 1 is 1.10 bits per heavy atom. The second-order valence-electron chi connectivity index (χ2n) is 8.81. The van der Waals surface area contributed by atoms with E-state index in [0.29, 0.717) is 6.54 Å². The Morgan fingerprint density at radius 2 is 1.77 bits per heavy atom. The lowest BCUT2D eigenvalue weighted by Crippen LogP contribution is -2.48. The Morgan fingerprint density at radius 3 is 2.39 bits per heavy atom. The van der Waals surface area contributed by atoms with Gasteiger partial charge in [-0.25, -0.2) is 0 Å². The van der Waals surface area contributed by atoms with Crippen LogP contribution in [0.2, 0.25) is 0 Å². The zero-order valence-electron chi connectivity index (χ0n) is 18.9. The number of rotatable bonds is 8. The first kappa shape index (κ1) is 23.6. The highest BCUT2D eigenvalue weighted by molar-refractivity contribution is 9.10. The van der Waals surface area contributed by atoms with Gasteiger partial charge in [-0.3, -0.25) is 9.59 Å². The van der Waals surface area contributed by atoms with Crippen LogP contribution in [0.4, 0.5) is 0 Å². The number of hydrogen-bond acceptors (Lipinski definition) is 2. The lowest BCUT2D eigenvalue weighted by molar-refractivity contribution is -0.143. The van der Waals surface area contributed by atoms with E-state index in [9.17, 15) is 9.59 Å². The van der Waals surface area contributed by atoms with Gasteiger partial charge in [0.2, 0.25) is 11.8 Å². The maximum Gasteiger partial charge on any atom is 0.242 e. The Labute approximate surface area is 194 Å². The summed E-state index contributed by atoms with van der Waals surface area (Å²) in [7, 11) is 0. The highest BCUT2D eigenvalue weighted by Gasteiger charge is 2.28. The van der Waals surface area contributed by atoms with Gasteiger partial charge in [-0.1, -0.05) is 47.3 Å². The maximum atomic E-state index is 13.4. The van der Waals surface area contributed by atoms with Crippen LogP contribution in [-0.2, 0) is 22.7 Å². The standard InChI is InChI=1S/C25H34BrN3O2/c1-19(2)28(20(3)30)18-25(31)29(23-8-5-4-6-9-23)17-24-10-7-15-27(24)16-21-11-13-22(26)14-12-21/h7,10-15,19,23H,4-6,8-9,16-18H2,1-3H3. The first-order valence-corrected chi connectivity index (χ1v) is 12.1. The van der Waals surface area contributed by atoms with Crippen LogP contribution in [0.5, 0.6) is 0 Å². The number of hydrogen-bond donors (Lipinski definition) is 0. The molecule has 2 amide bonds. The van der Waals surface area contributed by atoms with Crippen molar-refractivity contribution in [3.05, 3.63) is 58.3 Å². The minimum absolute atomic E-state index is 0.0101. The fourth-order valence-corrected chi connectivity index (χ4v) is 4.68. The molecular formula is C25H34BrN3O2. The van der Waals surface area contributed by atoms with Crippen molar-refractivity contribution >= 4 is 27.7 Å². The molecule has 1 aromatic carbocycles. The van der Waals surface area contributed by atoms with Gasteiger partial charge in [0, 0.05) is 41.9 Å². The molecule has 0 radical (unpaired) electrons. The van der Waals surface area contributed by atoms with Gasteiger partial charge in [0.05, 0.1) is 13.1 Å². The summed E-state index contributed by atoms with van der Waals surface area (Å²) in [6, 6.07) is 12.8. The summed E-state index contributed by atoms with van der Waals surface area (Å²) in [6.45, 7) is 6.97. The quantitative estimate of drug-likeness (QED) is 0.512. The largest absolute Gasteiger partial charge is 0.345 e. The summed E-state index contributed by atoms with van der Waals surface area (Å²) in [5.41, 5.74) is 2.35. The molecular weight excluding hydrogens is 454 g/mol. The molecule has 1 heterocycles. The number of halogens is 1.